The molecule has 1 fully saturated rings. The lowest BCUT2D eigenvalue weighted by molar-refractivity contribution is -0.0443. The predicted octanol–water partition coefficient (Wildman–Crippen LogP) is 1.78. The van der Waals surface area contributed by atoms with Crippen molar-refractivity contribution in [3.05, 3.63) is 29.0 Å². The molecule has 12 heavy (non-hydrogen) atoms. The third-order valence-corrected chi connectivity index (χ3v) is 1.83. The molecule has 0 aromatic carbocycles. The van der Waals surface area contributed by atoms with Gasteiger partial charge in [-0.05, 0) is 6.07 Å². The van der Waals surface area contributed by atoms with Crippen LogP contribution in [0.4, 0.5) is 0 Å². The summed E-state index contributed by atoms with van der Waals surface area (Å²) < 4.78 is 10.5. The lowest BCUT2D eigenvalue weighted by Gasteiger charge is -2.07. The van der Waals surface area contributed by atoms with Gasteiger partial charge in [0.2, 0.25) is 0 Å². The van der Waals surface area contributed by atoms with Crippen molar-refractivity contribution in [1.82, 2.24) is 4.98 Å². The van der Waals surface area contributed by atoms with Crippen LogP contribution >= 0.6 is 11.6 Å². The summed E-state index contributed by atoms with van der Waals surface area (Å²) in [4.78, 5) is 3.94. The molecule has 0 radical (unpaired) electrons. The van der Waals surface area contributed by atoms with Gasteiger partial charge in [-0.1, -0.05) is 11.6 Å². The maximum absolute atomic E-state index is 5.75. The Morgan fingerprint density at radius 2 is 2.08 bits per heavy atom. The van der Waals surface area contributed by atoms with Gasteiger partial charge in [-0.25, -0.2) is 0 Å². The van der Waals surface area contributed by atoms with Crippen molar-refractivity contribution in [2.75, 3.05) is 13.2 Å². The van der Waals surface area contributed by atoms with E-state index in [9.17, 15) is 0 Å². The normalized spacial score (nSPS) is 18.4. The van der Waals surface area contributed by atoms with Crippen LogP contribution in [-0.2, 0) is 9.47 Å². The molecule has 4 heteroatoms. The van der Waals surface area contributed by atoms with E-state index < -0.39 is 0 Å². The van der Waals surface area contributed by atoms with Crippen molar-refractivity contribution in [2.24, 2.45) is 0 Å². The van der Waals surface area contributed by atoms with E-state index in [-0.39, 0.29) is 6.29 Å². The monoisotopic (exact) mass is 185 g/mol. The van der Waals surface area contributed by atoms with Crippen LogP contribution < -0.4 is 0 Å². The molecule has 0 bridgehead atoms. The number of hydrogen-bond donors (Lipinski definition) is 0. The molecule has 0 amide bonds. The zero-order chi connectivity index (χ0) is 8.39. The lowest BCUT2D eigenvalue weighted by atomic mass is 10.3. The Morgan fingerprint density at radius 3 is 2.75 bits per heavy atom. The third-order valence-electron chi connectivity index (χ3n) is 1.62. The molecule has 3 nitrogen and oxygen atoms in total. The molecule has 64 valence electrons. The minimum Gasteiger partial charge on any atom is -0.346 e. The maximum Gasteiger partial charge on any atom is 0.185 e. The van der Waals surface area contributed by atoms with Crippen LogP contribution in [0, 0.1) is 0 Å². The predicted molar refractivity (Wildman–Crippen MR) is 43.9 cm³/mol. The third kappa shape index (κ3) is 1.58. The van der Waals surface area contributed by atoms with Crippen LogP contribution in [-0.4, -0.2) is 18.2 Å². The van der Waals surface area contributed by atoms with Crippen molar-refractivity contribution < 1.29 is 9.47 Å². The smallest absolute Gasteiger partial charge is 0.185 e. The zero-order valence-electron chi connectivity index (χ0n) is 6.37. The number of hydrogen-bond acceptors (Lipinski definition) is 3. The molecule has 1 aliphatic heterocycles. The first-order valence-electron chi connectivity index (χ1n) is 3.70. The summed E-state index contributed by atoms with van der Waals surface area (Å²) in [5.74, 6) is 0. The molecule has 0 aliphatic carbocycles. The second kappa shape index (κ2) is 3.39. The summed E-state index contributed by atoms with van der Waals surface area (Å²) in [7, 11) is 0. The lowest BCUT2D eigenvalue weighted by Crippen LogP contribution is -1.98. The number of halogens is 1. The Labute approximate surface area is 75.3 Å². The summed E-state index contributed by atoms with van der Waals surface area (Å²) in [5.41, 5.74) is 0.875. The average molecular weight is 186 g/mol. The first-order chi connectivity index (χ1) is 5.86. The molecule has 1 saturated heterocycles. The molecule has 0 atom stereocenters. The summed E-state index contributed by atoms with van der Waals surface area (Å²) in [5, 5.41) is 0.603. The van der Waals surface area contributed by atoms with Gasteiger partial charge in [-0.2, -0.15) is 0 Å². The van der Waals surface area contributed by atoms with E-state index in [1.807, 2.05) is 0 Å². The van der Waals surface area contributed by atoms with Gasteiger partial charge in [0.25, 0.3) is 0 Å². The van der Waals surface area contributed by atoms with E-state index in [2.05, 4.69) is 4.98 Å². The van der Waals surface area contributed by atoms with E-state index in [1.165, 1.54) is 0 Å². The fraction of sp³-hybridized carbons (Fsp3) is 0.375. The van der Waals surface area contributed by atoms with Crippen LogP contribution in [0.3, 0.4) is 0 Å². The van der Waals surface area contributed by atoms with Gasteiger partial charge in [0.1, 0.15) is 0 Å². The number of rotatable bonds is 1. The van der Waals surface area contributed by atoms with Gasteiger partial charge in [-0.15, -0.1) is 0 Å². The maximum atomic E-state index is 5.75. The first-order valence-corrected chi connectivity index (χ1v) is 4.08. The van der Waals surface area contributed by atoms with Crippen molar-refractivity contribution in [1.29, 1.82) is 0 Å². The fourth-order valence-electron chi connectivity index (χ4n) is 1.11. The number of aromatic nitrogens is 1. The number of ether oxygens (including phenoxy) is 2. The Bertz CT molecular complexity index is 274. The zero-order valence-corrected chi connectivity index (χ0v) is 7.12. The van der Waals surface area contributed by atoms with Crippen LogP contribution in [0.5, 0.6) is 0 Å². The molecule has 1 aliphatic rings. The van der Waals surface area contributed by atoms with Crippen LogP contribution in [0.2, 0.25) is 5.02 Å². The van der Waals surface area contributed by atoms with Gasteiger partial charge in [0, 0.05) is 18.0 Å². The minimum atomic E-state index is -0.281. The van der Waals surface area contributed by atoms with E-state index in [1.54, 1.807) is 18.5 Å². The van der Waals surface area contributed by atoms with E-state index in [0.717, 1.165) is 5.56 Å². The second-order valence-electron chi connectivity index (χ2n) is 2.51. The fourth-order valence-corrected chi connectivity index (χ4v) is 1.29. The van der Waals surface area contributed by atoms with Crippen LogP contribution in [0.25, 0.3) is 0 Å². The van der Waals surface area contributed by atoms with Gasteiger partial charge in [-0.3, -0.25) is 4.98 Å². The highest BCUT2D eigenvalue weighted by atomic mass is 35.5. The molecule has 0 unspecified atom stereocenters. The molecule has 2 rings (SSSR count). The number of pyridine rings is 1. The molecular formula is C8H8ClNO2. The van der Waals surface area contributed by atoms with Crippen molar-refractivity contribution >= 4 is 11.6 Å². The van der Waals surface area contributed by atoms with Gasteiger partial charge < -0.3 is 9.47 Å². The van der Waals surface area contributed by atoms with Crippen molar-refractivity contribution in [2.45, 2.75) is 6.29 Å². The van der Waals surface area contributed by atoms with Gasteiger partial charge >= 0.3 is 0 Å². The Kier molecular flexibility index (Phi) is 2.26. The van der Waals surface area contributed by atoms with Crippen LogP contribution in [0.1, 0.15) is 11.9 Å². The molecule has 1 aromatic heterocycles. The highest BCUT2D eigenvalue weighted by Gasteiger charge is 2.18. The minimum absolute atomic E-state index is 0.281. The molecule has 2 heterocycles. The molecule has 0 spiro atoms. The summed E-state index contributed by atoms with van der Waals surface area (Å²) in [6.07, 6.45) is 3.00. The van der Waals surface area contributed by atoms with E-state index >= 15 is 0 Å². The number of nitrogens with zero attached hydrogens (tertiary/aromatic N) is 1. The Hall–Kier alpha value is -0.640. The Balaban J connectivity index is 2.21. The van der Waals surface area contributed by atoms with Gasteiger partial charge in [0.05, 0.1) is 18.2 Å². The largest absolute Gasteiger partial charge is 0.346 e. The first kappa shape index (κ1) is 7.98. The average Bonchev–Trinajstić information content (AvgIpc) is 2.56. The highest BCUT2D eigenvalue weighted by Crippen LogP contribution is 2.23. The molecule has 0 saturated carbocycles. The summed E-state index contributed by atoms with van der Waals surface area (Å²) in [6.45, 7) is 1.27. The highest BCUT2D eigenvalue weighted by molar-refractivity contribution is 6.30. The van der Waals surface area contributed by atoms with Crippen molar-refractivity contribution in [3.63, 3.8) is 0 Å². The van der Waals surface area contributed by atoms with Crippen molar-refractivity contribution in [3.8, 4) is 0 Å². The molecule has 1 aromatic rings. The second-order valence-corrected chi connectivity index (χ2v) is 2.95. The Morgan fingerprint density at radius 1 is 1.33 bits per heavy atom. The molecule has 0 N–H and O–H groups in total. The quantitative estimate of drug-likeness (QED) is 0.669. The van der Waals surface area contributed by atoms with Gasteiger partial charge in [0.15, 0.2) is 6.29 Å². The van der Waals surface area contributed by atoms with E-state index in [0.29, 0.717) is 18.2 Å². The summed E-state index contributed by atoms with van der Waals surface area (Å²) >= 11 is 5.75. The van der Waals surface area contributed by atoms with E-state index in [4.69, 9.17) is 21.1 Å². The summed E-state index contributed by atoms with van der Waals surface area (Å²) in [6, 6.07) is 1.80. The topological polar surface area (TPSA) is 31.4 Å². The molecular weight excluding hydrogens is 178 g/mol. The SMILES string of the molecule is Clc1cncc(C2OCCO2)c1. The van der Waals surface area contributed by atoms with Crippen LogP contribution in [0.15, 0.2) is 18.5 Å². The standard InChI is InChI=1S/C8H8ClNO2/c9-7-3-6(4-10-5-7)8-11-1-2-12-8/h3-5,8H,1-2H2.